The molecule has 3 fully saturated rings. The lowest BCUT2D eigenvalue weighted by Crippen LogP contribution is -2.41. The van der Waals surface area contributed by atoms with Crippen LogP contribution in [0.2, 0.25) is 0 Å². The SMILES string of the molecule is Cc1cc(/C(=N/O)NC(=O)c2ccc(I)cc2N2CCC3(CC2)CC3)nc(N2CCC(F)(F)CC2)n1. The van der Waals surface area contributed by atoms with Gasteiger partial charge in [0.05, 0.1) is 11.3 Å². The fraction of sp³-hybridized carbons (Fsp3) is 0.520. The number of anilines is 2. The van der Waals surface area contributed by atoms with Crippen LogP contribution in [0.5, 0.6) is 0 Å². The van der Waals surface area contributed by atoms with Crippen LogP contribution < -0.4 is 15.1 Å². The van der Waals surface area contributed by atoms with E-state index in [1.165, 1.54) is 12.8 Å². The summed E-state index contributed by atoms with van der Waals surface area (Å²) in [5.74, 6) is -2.94. The van der Waals surface area contributed by atoms with E-state index in [0.29, 0.717) is 16.7 Å². The van der Waals surface area contributed by atoms with Crippen LogP contribution in [0.15, 0.2) is 29.4 Å². The smallest absolute Gasteiger partial charge is 0.259 e. The number of amidine groups is 1. The molecule has 2 aromatic rings. The number of alkyl halides is 2. The first-order chi connectivity index (χ1) is 17.2. The van der Waals surface area contributed by atoms with Gasteiger partial charge in [0.25, 0.3) is 11.8 Å². The van der Waals surface area contributed by atoms with E-state index in [4.69, 9.17) is 0 Å². The van der Waals surface area contributed by atoms with Crippen molar-refractivity contribution in [2.45, 2.75) is 51.4 Å². The van der Waals surface area contributed by atoms with Crippen LogP contribution >= 0.6 is 22.6 Å². The third kappa shape index (κ3) is 5.40. The van der Waals surface area contributed by atoms with Crippen molar-refractivity contribution in [3.05, 3.63) is 44.8 Å². The van der Waals surface area contributed by atoms with Crippen molar-refractivity contribution >= 4 is 46.0 Å². The van der Waals surface area contributed by atoms with E-state index >= 15 is 0 Å². The Hall–Kier alpha value is -2.57. The van der Waals surface area contributed by atoms with Gasteiger partial charge in [-0.1, -0.05) is 5.16 Å². The van der Waals surface area contributed by atoms with Gasteiger partial charge in [-0.25, -0.2) is 18.7 Å². The van der Waals surface area contributed by atoms with E-state index in [1.807, 2.05) is 12.1 Å². The number of amides is 1. The molecule has 11 heteroatoms. The molecule has 5 rings (SSSR count). The average Bonchev–Trinajstić information content (AvgIpc) is 3.61. The summed E-state index contributed by atoms with van der Waals surface area (Å²) in [6, 6.07) is 7.26. The maximum Gasteiger partial charge on any atom is 0.259 e. The topological polar surface area (TPSA) is 94.0 Å². The molecule has 1 aromatic heterocycles. The normalized spacial score (nSPS) is 20.9. The lowest BCUT2D eigenvalue weighted by Gasteiger charge is -2.35. The highest BCUT2D eigenvalue weighted by Gasteiger charge is 2.44. The molecule has 0 unspecified atom stereocenters. The number of nitrogens with one attached hydrogen (secondary N) is 1. The molecular weight excluding hydrogens is 581 g/mol. The zero-order chi connectivity index (χ0) is 25.5. The van der Waals surface area contributed by atoms with Crippen molar-refractivity contribution in [3.8, 4) is 0 Å². The number of hydrogen-bond acceptors (Lipinski definition) is 7. The Balaban J connectivity index is 1.35. The summed E-state index contributed by atoms with van der Waals surface area (Å²) in [5.41, 5.74) is 2.66. The zero-order valence-electron chi connectivity index (χ0n) is 20.1. The quantitative estimate of drug-likeness (QED) is 0.173. The molecule has 0 bridgehead atoms. The predicted molar refractivity (Wildman–Crippen MR) is 141 cm³/mol. The molecule has 8 nitrogen and oxygen atoms in total. The molecule has 2 N–H and O–H groups in total. The van der Waals surface area contributed by atoms with Crippen LogP contribution in [0, 0.1) is 15.9 Å². The van der Waals surface area contributed by atoms with E-state index in [1.54, 1.807) is 24.0 Å². The maximum atomic E-state index is 13.6. The molecule has 0 radical (unpaired) electrons. The third-order valence-electron chi connectivity index (χ3n) is 7.52. The van der Waals surface area contributed by atoms with Gasteiger partial charge in [0.2, 0.25) is 5.95 Å². The number of oxime groups is 1. The van der Waals surface area contributed by atoms with Gasteiger partial charge >= 0.3 is 0 Å². The Morgan fingerprint density at radius 1 is 1.03 bits per heavy atom. The number of benzene rings is 1. The molecule has 2 saturated heterocycles. The van der Waals surface area contributed by atoms with E-state index in [2.05, 4.69) is 47.9 Å². The van der Waals surface area contributed by atoms with E-state index < -0.39 is 11.8 Å². The van der Waals surface area contributed by atoms with Gasteiger partial charge in [-0.15, -0.1) is 0 Å². The van der Waals surface area contributed by atoms with Crippen molar-refractivity contribution in [2.24, 2.45) is 10.6 Å². The van der Waals surface area contributed by atoms with Crippen molar-refractivity contribution in [2.75, 3.05) is 36.0 Å². The second-order valence-electron chi connectivity index (χ2n) is 10.1. The molecule has 3 heterocycles. The summed E-state index contributed by atoms with van der Waals surface area (Å²) in [6.45, 7) is 3.80. The fourth-order valence-corrected chi connectivity index (χ4v) is 5.50. The molecule has 2 aliphatic heterocycles. The Morgan fingerprint density at radius 3 is 2.33 bits per heavy atom. The lowest BCUT2D eigenvalue weighted by atomic mass is 9.93. The van der Waals surface area contributed by atoms with Gasteiger partial charge in [0.1, 0.15) is 5.69 Å². The van der Waals surface area contributed by atoms with Crippen LogP contribution in [-0.4, -0.2) is 59.0 Å². The largest absolute Gasteiger partial charge is 0.409 e. The zero-order valence-corrected chi connectivity index (χ0v) is 22.3. The summed E-state index contributed by atoms with van der Waals surface area (Å²) < 4.78 is 28.2. The van der Waals surface area contributed by atoms with Crippen molar-refractivity contribution in [1.29, 1.82) is 0 Å². The Labute approximate surface area is 222 Å². The number of carbonyl (C=O) groups excluding carboxylic acids is 1. The number of aryl methyl sites for hydroxylation is 1. The highest BCUT2D eigenvalue weighted by molar-refractivity contribution is 14.1. The highest BCUT2D eigenvalue weighted by atomic mass is 127. The van der Waals surface area contributed by atoms with Gasteiger partial charge < -0.3 is 20.3 Å². The Kier molecular flexibility index (Phi) is 6.77. The number of carbonyl (C=O) groups is 1. The Bertz CT molecular complexity index is 1180. The monoisotopic (exact) mass is 610 g/mol. The summed E-state index contributed by atoms with van der Waals surface area (Å²) in [4.78, 5) is 26.1. The molecule has 1 spiro atoms. The standard InChI is InChI=1S/C25H29F2IN6O2/c1-16-14-19(30-23(29-16)34-12-8-25(26,27)9-13-34)21(32-36)31-22(35)18-3-2-17(28)15-20(18)33-10-6-24(4-5-24)7-11-33/h2-3,14-15,36H,4-13H2,1H3,(H,31,32,35). The predicted octanol–water partition coefficient (Wildman–Crippen LogP) is 4.57. The molecule has 36 heavy (non-hydrogen) atoms. The first-order valence-corrected chi connectivity index (χ1v) is 13.3. The van der Waals surface area contributed by atoms with Gasteiger partial charge in [-0.2, -0.15) is 0 Å². The number of hydrogen-bond donors (Lipinski definition) is 2. The number of aromatic nitrogens is 2. The summed E-state index contributed by atoms with van der Waals surface area (Å²) in [6.07, 6.45) is 4.33. The fourth-order valence-electron chi connectivity index (χ4n) is 5.02. The Morgan fingerprint density at radius 2 is 1.69 bits per heavy atom. The van der Waals surface area contributed by atoms with E-state index in [9.17, 15) is 18.8 Å². The first-order valence-electron chi connectivity index (χ1n) is 12.2. The van der Waals surface area contributed by atoms with Crippen molar-refractivity contribution in [3.63, 3.8) is 0 Å². The number of halogens is 3. The van der Waals surface area contributed by atoms with Gasteiger partial charge in [0.15, 0.2) is 5.84 Å². The van der Waals surface area contributed by atoms with Crippen LogP contribution in [-0.2, 0) is 0 Å². The molecule has 1 aromatic carbocycles. The number of rotatable bonds is 4. The summed E-state index contributed by atoms with van der Waals surface area (Å²) >= 11 is 2.24. The average molecular weight is 610 g/mol. The minimum Gasteiger partial charge on any atom is -0.409 e. The van der Waals surface area contributed by atoms with Gasteiger partial charge in [-0.05, 0) is 84.9 Å². The van der Waals surface area contributed by atoms with Crippen molar-refractivity contribution < 1.29 is 18.8 Å². The van der Waals surface area contributed by atoms with Crippen LogP contribution in [0.4, 0.5) is 20.4 Å². The maximum absolute atomic E-state index is 13.6. The first kappa shape index (κ1) is 25.1. The highest BCUT2D eigenvalue weighted by Crippen LogP contribution is 2.54. The third-order valence-corrected chi connectivity index (χ3v) is 8.19. The molecule has 1 aliphatic carbocycles. The minimum atomic E-state index is -2.69. The minimum absolute atomic E-state index is 0.117. The second-order valence-corrected chi connectivity index (χ2v) is 11.3. The van der Waals surface area contributed by atoms with Crippen LogP contribution in [0.3, 0.4) is 0 Å². The van der Waals surface area contributed by atoms with Gasteiger partial charge in [0, 0.05) is 48.3 Å². The van der Waals surface area contributed by atoms with Crippen LogP contribution in [0.1, 0.15) is 60.3 Å². The molecule has 0 atom stereocenters. The number of piperidine rings is 2. The lowest BCUT2D eigenvalue weighted by molar-refractivity contribution is -0.0222. The van der Waals surface area contributed by atoms with Crippen LogP contribution in [0.25, 0.3) is 0 Å². The van der Waals surface area contributed by atoms with E-state index in [-0.39, 0.29) is 43.4 Å². The second kappa shape index (κ2) is 9.71. The molecule has 1 amide bonds. The number of nitrogens with zero attached hydrogens (tertiary/aromatic N) is 5. The summed E-state index contributed by atoms with van der Waals surface area (Å²) in [7, 11) is 0. The molecule has 1 saturated carbocycles. The van der Waals surface area contributed by atoms with Gasteiger partial charge in [-0.3, -0.25) is 4.79 Å². The molecular formula is C25H29F2IN6O2. The van der Waals surface area contributed by atoms with Crippen molar-refractivity contribution in [1.82, 2.24) is 15.3 Å². The molecule has 192 valence electrons. The summed E-state index contributed by atoms with van der Waals surface area (Å²) in [5, 5.41) is 15.8. The molecule has 3 aliphatic rings. The van der Waals surface area contributed by atoms with E-state index in [0.717, 1.165) is 35.2 Å².